The molecule has 0 aliphatic rings. The first-order valence-electron chi connectivity index (χ1n) is 8.81. The molecular formula is C20H24Br2N4O. The molecule has 0 unspecified atom stereocenters. The SMILES string of the molecule is CCN(CC)c1ccc(/C=N/NC(=O)CNc2cc(Br)c(C)c(Br)c2)cc1. The summed E-state index contributed by atoms with van der Waals surface area (Å²) in [5.74, 6) is -0.209. The maximum atomic E-state index is 11.9. The van der Waals surface area contributed by atoms with Crippen molar-refractivity contribution in [2.75, 3.05) is 29.9 Å². The highest BCUT2D eigenvalue weighted by molar-refractivity contribution is 9.11. The number of carbonyl (C=O) groups is 1. The molecule has 2 aromatic carbocycles. The standard InChI is InChI=1S/C20H24Br2N4O/c1-4-26(5-2)17-8-6-15(7-9-17)12-24-25-20(27)13-23-16-10-18(21)14(3)19(22)11-16/h6-12,23H,4-5,13H2,1-3H3,(H,25,27)/b24-12+. The zero-order valence-corrected chi connectivity index (χ0v) is 18.9. The van der Waals surface area contributed by atoms with Crippen LogP contribution in [-0.2, 0) is 4.79 Å². The van der Waals surface area contributed by atoms with E-state index >= 15 is 0 Å². The van der Waals surface area contributed by atoms with Crippen LogP contribution < -0.4 is 15.6 Å². The lowest BCUT2D eigenvalue weighted by Gasteiger charge is -2.20. The van der Waals surface area contributed by atoms with Gasteiger partial charge in [0.1, 0.15) is 0 Å². The summed E-state index contributed by atoms with van der Waals surface area (Å²) in [5.41, 5.74) is 6.62. The first kappa shape index (κ1) is 21.4. The van der Waals surface area contributed by atoms with E-state index in [1.54, 1.807) is 6.21 Å². The van der Waals surface area contributed by atoms with Gasteiger partial charge in [0.2, 0.25) is 0 Å². The van der Waals surface area contributed by atoms with E-state index in [4.69, 9.17) is 0 Å². The average molecular weight is 496 g/mol. The summed E-state index contributed by atoms with van der Waals surface area (Å²) in [6, 6.07) is 12.0. The number of rotatable bonds is 8. The van der Waals surface area contributed by atoms with Crippen molar-refractivity contribution in [3.8, 4) is 0 Å². The van der Waals surface area contributed by atoms with Crippen LogP contribution in [0.25, 0.3) is 0 Å². The number of benzene rings is 2. The number of nitrogens with zero attached hydrogens (tertiary/aromatic N) is 2. The molecule has 0 aromatic heterocycles. The average Bonchev–Trinajstić information content (AvgIpc) is 2.66. The summed E-state index contributed by atoms with van der Waals surface area (Å²) in [6.45, 7) is 8.36. The van der Waals surface area contributed by atoms with Crippen LogP contribution in [0, 0.1) is 6.92 Å². The Labute approximate surface area is 177 Å². The van der Waals surface area contributed by atoms with Crippen molar-refractivity contribution in [2.45, 2.75) is 20.8 Å². The Hall–Kier alpha value is -1.86. The molecule has 2 rings (SSSR count). The van der Waals surface area contributed by atoms with Crippen LogP contribution in [0.2, 0.25) is 0 Å². The fraction of sp³-hybridized carbons (Fsp3) is 0.300. The normalized spacial score (nSPS) is 10.9. The van der Waals surface area contributed by atoms with E-state index in [1.165, 1.54) is 5.69 Å². The molecule has 0 heterocycles. The number of hydrazone groups is 1. The third kappa shape index (κ3) is 6.36. The molecule has 0 radical (unpaired) electrons. The van der Waals surface area contributed by atoms with Gasteiger partial charge in [0.15, 0.2) is 0 Å². The topological polar surface area (TPSA) is 56.7 Å². The lowest BCUT2D eigenvalue weighted by Crippen LogP contribution is -2.25. The van der Waals surface area contributed by atoms with Gasteiger partial charge in [-0.05, 0) is 56.2 Å². The monoisotopic (exact) mass is 494 g/mol. The van der Waals surface area contributed by atoms with E-state index in [0.717, 1.165) is 38.8 Å². The Morgan fingerprint density at radius 3 is 2.26 bits per heavy atom. The minimum atomic E-state index is -0.209. The molecule has 1 amide bonds. The molecule has 0 saturated heterocycles. The number of hydrogen-bond acceptors (Lipinski definition) is 4. The van der Waals surface area contributed by atoms with Gasteiger partial charge in [-0.1, -0.05) is 44.0 Å². The molecule has 0 bridgehead atoms. The van der Waals surface area contributed by atoms with Gasteiger partial charge in [-0.25, -0.2) is 5.43 Å². The fourth-order valence-corrected chi connectivity index (χ4v) is 3.69. The maximum absolute atomic E-state index is 11.9. The minimum absolute atomic E-state index is 0.139. The summed E-state index contributed by atoms with van der Waals surface area (Å²) in [6.07, 6.45) is 1.64. The Morgan fingerprint density at radius 1 is 1.11 bits per heavy atom. The first-order valence-corrected chi connectivity index (χ1v) is 10.4. The van der Waals surface area contributed by atoms with E-state index in [0.29, 0.717) is 0 Å². The van der Waals surface area contributed by atoms with E-state index in [9.17, 15) is 4.79 Å². The fourth-order valence-electron chi connectivity index (χ4n) is 2.51. The van der Waals surface area contributed by atoms with E-state index in [-0.39, 0.29) is 12.5 Å². The first-order chi connectivity index (χ1) is 12.9. The van der Waals surface area contributed by atoms with Crippen molar-refractivity contribution < 1.29 is 4.79 Å². The van der Waals surface area contributed by atoms with Gasteiger partial charge < -0.3 is 10.2 Å². The minimum Gasteiger partial charge on any atom is -0.376 e. The molecule has 0 aliphatic heterocycles. The molecule has 0 aliphatic carbocycles. The maximum Gasteiger partial charge on any atom is 0.259 e. The largest absolute Gasteiger partial charge is 0.376 e. The molecule has 2 N–H and O–H groups in total. The third-order valence-corrected chi connectivity index (χ3v) is 5.81. The summed E-state index contributed by atoms with van der Waals surface area (Å²) < 4.78 is 1.96. The Bertz CT molecular complexity index is 779. The van der Waals surface area contributed by atoms with Crippen molar-refractivity contribution in [1.82, 2.24) is 5.43 Å². The van der Waals surface area contributed by atoms with Gasteiger partial charge in [-0.2, -0.15) is 5.10 Å². The highest BCUT2D eigenvalue weighted by Crippen LogP contribution is 2.28. The van der Waals surface area contributed by atoms with Crippen LogP contribution in [0.5, 0.6) is 0 Å². The molecule has 144 valence electrons. The van der Waals surface area contributed by atoms with Crippen molar-refractivity contribution >= 4 is 55.4 Å². The second-order valence-electron chi connectivity index (χ2n) is 5.98. The molecular weight excluding hydrogens is 472 g/mol. The van der Waals surface area contributed by atoms with Gasteiger partial charge in [-0.3, -0.25) is 4.79 Å². The number of halogens is 2. The lowest BCUT2D eigenvalue weighted by atomic mass is 10.2. The van der Waals surface area contributed by atoms with Crippen LogP contribution in [0.3, 0.4) is 0 Å². The van der Waals surface area contributed by atoms with E-state index < -0.39 is 0 Å². The summed E-state index contributed by atoms with van der Waals surface area (Å²) in [4.78, 5) is 14.2. The van der Waals surface area contributed by atoms with Crippen LogP contribution in [0.1, 0.15) is 25.0 Å². The molecule has 0 saturated carbocycles. The van der Waals surface area contributed by atoms with E-state index in [2.05, 4.69) is 78.6 Å². The molecule has 7 heteroatoms. The van der Waals surface area contributed by atoms with Crippen LogP contribution in [-0.4, -0.2) is 31.8 Å². The highest BCUT2D eigenvalue weighted by Gasteiger charge is 2.05. The Kier molecular flexibility index (Phi) is 8.31. The lowest BCUT2D eigenvalue weighted by molar-refractivity contribution is -0.119. The van der Waals surface area contributed by atoms with Crippen LogP contribution in [0.4, 0.5) is 11.4 Å². The Balaban J connectivity index is 1.84. The smallest absolute Gasteiger partial charge is 0.259 e. The van der Waals surface area contributed by atoms with Crippen LogP contribution in [0.15, 0.2) is 50.4 Å². The number of nitrogens with one attached hydrogen (secondary N) is 2. The third-order valence-electron chi connectivity index (χ3n) is 4.16. The van der Waals surface area contributed by atoms with Crippen molar-refractivity contribution in [3.05, 3.63) is 56.5 Å². The van der Waals surface area contributed by atoms with Gasteiger partial charge in [0.05, 0.1) is 12.8 Å². The molecule has 27 heavy (non-hydrogen) atoms. The second-order valence-corrected chi connectivity index (χ2v) is 7.68. The second kappa shape index (κ2) is 10.5. The number of hydrogen-bond donors (Lipinski definition) is 2. The summed E-state index contributed by atoms with van der Waals surface area (Å²) >= 11 is 7.00. The molecule has 5 nitrogen and oxygen atoms in total. The molecule has 0 atom stereocenters. The number of amides is 1. The summed E-state index contributed by atoms with van der Waals surface area (Å²) in [7, 11) is 0. The quantitative estimate of drug-likeness (QED) is 0.403. The number of anilines is 2. The van der Waals surface area contributed by atoms with Gasteiger partial charge in [0.25, 0.3) is 5.91 Å². The summed E-state index contributed by atoms with van der Waals surface area (Å²) in [5, 5.41) is 7.10. The Morgan fingerprint density at radius 2 is 1.70 bits per heavy atom. The number of carbonyl (C=O) groups excluding carboxylic acids is 1. The van der Waals surface area contributed by atoms with Crippen molar-refractivity contribution in [1.29, 1.82) is 0 Å². The molecule has 0 spiro atoms. The van der Waals surface area contributed by atoms with Gasteiger partial charge in [-0.15, -0.1) is 0 Å². The van der Waals surface area contributed by atoms with Crippen LogP contribution >= 0.6 is 31.9 Å². The predicted molar refractivity (Wildman–Crippen MR) is 121 cm³/mol. The zero-order valence-electron chi connectivity index (χ0n) is 15.7. The van der Waals surface area contributed by atoms with Gasteiger partial charge >= 0.3 is 0 Å². The zero-order chi connectivity index (χ0) is 19.8. The van der Waals surface area contributed by atoms with Gasteiger partial charge in [0, 0.05) is 33.4 Å². The van der Waals surface area contributed by atoms with Crippen molar-refractivity contribution in [3.63, 3.8) is 0 Å². The molecule has 2 aromatic rings. The van der Waals surface area contributed by atoms with E-state index in [1.807, 2.05) is 31.2 Å². The predicted octanol–water partition coefficient (Wildman–Crippen LogP) is 4.93. The molecule has 0 fully saturated rings. The van der Waals surface area contributed by atoms with Crippen molar-refractivity contribution in [2.24, 2.45) is 5.10 Å². The highest BCUT2D eigenvalue weighted by atomic mass is 79.9.